The van der Waals surface area contributed by atoms with Gasteiger partial charge in [-0.3, -0.25) is 10.1 Å². The first-order valence-corrected chi connectivity index (χ1v) is 6.02. The number of hydrogen-bond donors (Lipinski definition) is 0. The molecule has 6 nitrogen and oxygen atoms in total. The Balaban J connectivity index is 2.35. The molecule has 2 rings (SSSR count). The van der Waals surface area contributed by atoms with E-state index in [1.807, 2.05) is 10.6 Å². The van der Waals surface area contributed by atoms with Crippen molar-refractivity contribution in [1.82, 2.24) is 4.57 Å². The molecule has 0 aliphatic rings. The number of aromatic nitrogens is 1. The van der Waals surface area contributed by atoms with E-state index in [9.17, 15) is 14.9 Å². The Hall–Kier alpha value is -2.63. The normalized spacial score (nSPS) is 11.6. The van der Waals surface area contributed by atoms with E-state index < -0.39 is 4.92 Å². The van der Waals surface area contributed by atoms with Gasteiger partial charge < -0.3 is 9.30 Å². The molecule has 0 amide bonds. The number of carbonyl (C=O) groups is 1. The van der Waals surface area contributed by atoms with Crippen molar-refractivity contribution in [2.24, 2.45) is 0 Å². The highest BCUT2D eigenvalue weighted by atomic mass is 16.6. The zero-order chi connectivity index (χ0) is 14.7. The highest BCUT2D eigenvalue weighted by molar-refractivity contribution is 5.89. The number of esters is 1. The average molecular weight is 274 g/mol. The second kappa shape index (κ2) is 5.56. The van der Waals surface area contributed by atoms with E-state index in [4.69, 9.17) is 0 Å². The number of nitro groups is 1. The summed E-state index contributed by atoms with van der Waals surface area (Å²) in [5.74, 6) is -0.382. The van der Waals surface area contributed by atoms with Gasteiger partial charge in [0.25, 0.3) is 5.69 Å². The molecule has 1 heterocycles. The Bertz CT molecular complexity index is 700. The lowest BCUT2D eigenvalue weighted by molar-refractivity contribution is -0.383. The van der Waals surface area contributed by atoms with Crippen LogP contribution in [0, 0.1) is 10.1 Å². The van der Waals surface area contributed by atoms with Crippen molar-refractivity contribution in [3.8, 4) is 0 Å². The summed E-state index contributed by atoms with van der Waals surface area (Å²) in [6.45, 7) is 2.12. The van der Waals surface area contributed by atoms with Gasteiger partial charge in [-0.05, 0) is 19.1 Å². The summed E-state index contributed by atoms with van der Waals surface area (Å²) >= 11 is 0. The monoisotopic (exact) mass is 274 g/mol. The molecule has 0 saturated carbocycles. The zero-order valence-corrected chi connectivity index (χ0v) is 11.2. The summed E-state index contributed by atoms with van der Waals surface area (Å²) in [7, 11) is 1.33. The van der Waals surface area contributed by atoms with E-state index in [-0.39, 0.29) is 11.7 Å². The molecule has 1 aromatic carbocycles. The summed E-state index contributed by atoms with van der Waals surface area (Å²) in [6, 6.07) is 6.63. The first-order chi connectivity index (χ1) is 9.54. The number of nitro benzene ring substituents is 1. The summed E-state index contributed by atoms with van der Waals surface area (Å²) in [5, 5.41) is 11.5. The standard InChI is InChI=1S/C14H14N2O4/c1-10(14(17)20-2)6-8-15-9-7-11-12(15)4-3-5-13(11)16(18)19/h3-7,9H,8H2,1-2H3. The van der Waals surface area contributed by atoms with Crippen molar-refractivity contribution in [3.63, 3.8) is 0 Å². The average Bonchev–Trinajstić information content (AvgIpc) is 2.86. The molecule has 1 aromatic heterocycles. The third-order valence-corrected chi connectivity index (χ3v) is 3.09. The molecular weight excluding hydrogens is 260 g/mol. The second-order valence-electron chi connectivity index (χ2n) is 4.31. The fourth-order valence-corrected chi connectivity index (χ4v) is 2.01. The van der Waals surface area contributed by atoms with Crippen LogP contribution in [0.15, 0.2) is 42.1 Å². The first-order valence-electron chi connectivity index (χ1n) is 6.02. The Morgan fingerprint density at radius 2 is 2.20 bits per heavy atom. The third kappa shape index (κ3) is 2.54. The number of methoxy groups -OCH3 is 1. The largest absolute Gasteiger partial charge is 0.466 e. The van der Waals surface area contributed by atoms with Crippen LogP contribution in [0.2, 0.25) is 0 Å². The van der Waals surface area contributed by atoms with Crippen molar-refractivity contribution >= 4 is 22.6 Å². The van der Waals surface area contributed by atoms with E-state index in [1.54, 1.807) is 31.3 Å². The molecule has 104 valence electrons. The fourth-order valence-electron chi connectivity index (χ4n) is 2.01. The Labute approximate surface area is 115 Å². The molecule has 0 atom stereocenters. The number of ether oxygens (including phenoxy) is 1. The summed E-state index contributed by atoms with van der Waals surface area (Å²) < 4.78 is 6.46. The zero-order valence-electron chi connectivity index (χ0n) is 11.2. The Kier molecular flexibility index (Phi) is 3.84. The van der Waals surface area contributed by atoms with Gasteiger partial charge in [-0.25, -0.2) is 4.79 Å². The second-order valence-corrected chi connectivity index (χ2v) is 4.31. The predicted octanol–water partition coefficient (Wildman–Crippen LogP) is 2.67. The van der Waals surface area contributed by atoms with Gasteiger partial charge in [0.2, 0.25) is 0 Å². The van der Waals surface area contributed by atoms with Gasteiger partial charge in [-0.1, -0.05) is 12.1 Å². The Morgan fingerprint density at radius 1 is 1.45 bits per heavy atom. The van der Waals surface area contributed by atoms with Gasteiger partial charge in [0, 0.05) is 24.4 Å². The van der Waals surface area contributed by atoms with E-state index in [0.717, 1.165) is 5.52 Å². The maximum Gasteiger partial charge on any atom is 0.333 e. The predicted molar refractivity (Wildman–Crippen MR) is 74.4 cm³/mol. The van der Waals surface area contributed by atoms with Crippen molar-refractivity contribution in [2.75, 3.05) is 7.11 Å². The molecule has 0 aliphatic carbocycles. The van der Waals surface area contributed by atoms with Crippen molar-refractivity contribution in [3.05, 3.63) is 52.2 Å². The number of hydrogen-bond acceptors (Lipinski definition) is 4. The van der Waals surface area contributed by atoms with E-state index in [2.05, 4.69) is 4.74 Å². The topological polar surface area (TPSA) is 74.4 Å². The molecule has 0 N–H and O–H groups in total. The van der Waals surface area contributed by atoms with Crippen LogP contribution >= 0.6 is 0 Å². The van der Waals surface area contributed by atoms with Gasteiger partial charge in [0.15, 0.2) is 0 Å². The quantitative estimate of drug-likeness (QED) is 0.372. The van der Waals surface area contributed by atoms with Crippen LogP contribution in [0.5, 0.6) is 0 Å². The van der Waals surface area contributed by atoms with Crippen molar-refractivity contribution in [2.45, 2.75) is 13.5 Å². The Morgan fingerprint density at radius 3 is 2.85 bits per heavy atom. The van der Waals surface area contributed by atoms with Crippen LogP contribution in [0.25, 0.3) is 10.9 Å². The lowest BCUT2D eigenvalue weighted by Crippen LogP contribution is -2.03. The molecule has 0 aliphatic heterocycles. The van der Waals surface area contributed by atoms with Crippen LogP contribution in [0.3, 0.4) is 0 Å². The molecule has 2 aromatic rings. The minimum absolute atomic E-state index is 0.0786. The van der Waals surface area contributed by atoms with Crippen molar-refractivity contribution in [1.29, 1.82) is 0 Å². The maximum atomic E-state index is 11.3. The number of carbonyl (C=O) groups excluding carboxylic acids is 1. The molecule has 0 bridgehead atoms. The SMILES string of the molecule is COC(=O)C(C)=CCn1ccc2c([N+](=O)[O-])cccc21. The van der Waals surface area contributed by atoms with E-state index >= 15 is 0 Å². The van der Waals surface area contributed by atoms with Crippen LogP contribution in [-0.4, -0.2) is 22.6 Å². The van der Waals surface area contributed by atoms with Gasteiger partial charge in [0.1, 0.15) is 0 Å². The molecular formula is C14H14N2O4. The van der Waals surface area contributed by atoms with Crippen LogP contribution in [-0.2, 0) is 16.1 Å². The van der Waals surface area contributed by atoms with Gasteiger partial charge in [-0.2, -0.15) is 0 Å². The summed E-state index contributed by atoms with van der Waals surface area (Å²) in [4.78, 5) is 21.8. The van der Waals surface area contributed by atoms with Crippen LogP contribution in [0.1, 0.15) is 6.92 Å². The molecule has 6 heteroatoms. The molecule has 20 heavy (non-hydrogen) atoms. The highest BCUT2D eigenvalue weighted by Gasteiger charge is 2.13. The van der Waals surface area contributed by atoms with Crippen LogP contribution < -0.4 is 0 Å². The molecule has 0 radical (unpaired) electrons. The number of allylic oxidation sites excluding steroid dienone is 1. The lowest BCUT2D eigenvalue weighted by Gasteiger charge is -2.03. The number of nitrogens with zero attached hydrogens (tertiary/aromatic N) is 2. The number of fused-ring (bicyclic) bond motifs is 1. The van der Waals surface area contributed by atoms with Gasteiger partial charge in [0.05, 0.1) is 22.9 Å². The summed E-state index contributed by atoms with van der Waals surface area (Å²) in [5.41, 5.74) is 1.34. The minimum Gasteiger partial charge on any atom is -0.466 e. The fraction of sp³-hybridized carbons (Fsp3) is 0.214. The smallest absolute Gasteiger partial charge is 0.333 e. The van der Waals surface area contributed by atoms with Gasteiger partial charge in [-0.15, -0.1) is 0 Å². The highest BCUT2D eigenvalue weighted by Crippen LogP contribution is 2.26. The van der Waals surface area contributed by atoms with E-state index in [0.29, 0.717) is 17.5 Å². The van der Waals surface area contributed by atoms with Crippen LogP contribution in [0.4, 0.5) is 5.69 Å². The van der Waals surface area contributed by atoms with E-state index in [1.165, 1.54) is 13.2 Å². The first kappa shape index (κ1) is 13.8. The molecule has 0 spiro atoms. The minimum atomic E-state index is -0.401. The number of rotatable bonds is 4. The lowest BCUT2D eigenvalue weighted by atomic mass is 10.2. The summed E-state index contributed by atoms with van der Waals surface area (Å²) in [6.07, 6.45) is 3.49. The molecule has 0 fully saturated rings. The van der Waals surface area contributed by atoms with Crippen molar-refractivity contribution < 1.29 is 14.5 Å². The number of non-ortho nitro benzene ring substituents is 1. The van der Waals surface area contributed by atoms with Gasteiger partial charge >= 0.3 is 5.97 Å². The molecule has 0 unspecified atom stereocenters. The number of benzene rings is 1. The molecule has 0 saturated heterocycles. The third-order valence-electron chi connectivity index (χ3n) is 3.09. The maximum absolute atomic E-state index is 11.3.